The molecule has 0 aliphatic carbocycles. The normalized spacial score (nSPS) is 17.0. The van der Waals surface area contributed by atoms with Gasteiger partial charge in [0.05, 0.1) is 0 Å². The van der Waals surface area contributed by atoms with E-state index < -0.39 is 12.1 Å². The number of rotatable bonds is 4. The van der Waals surface area contributed by atoms with Crippen LogP contribution in [0, 0.1) is 6.92 Å². The molecule has 1 saturated heterocycles. The minimum atomic E-state index is -4.90. The summed E-state index contributed by atoms with van der Waals surface area (Å²) < 4.78 is 36.2. The van der Waals surface area contributed by atoms with E-state index in [1.165, 1.54) is 4.90 Å². The maximum Gasteiger partial charge on any atom is 0.471 e. The lowest BCUT2D eigenvalue weighted by Crippen LogP contribution is -2.41. The Morgan fingerprint density at radius 2 is 1.96 bits per heavy atom. The molecule has 1 heterocycles. The molecular weight excluding hydrogens is 309 g/mol. The van der Waals surface area contributed by atoms with E-state index in [1.807, 2.05) is 31.2 Å². The molecular formula is C16H17F3N2O2. The molecule has 1 N–H and O–H groups in total. The zero-order valence-electron chi connectivity index (χ0n) is 12.6. The summed E-state index contributed by atoms with van der Waals surface area (Å²) in [5.74, 6) is -2.19. The zero-order valence-corrected chi connectivity index (χ0v) is 12.6. The van der Waals surface area contributed by atoms with Crippen LogP contribution in [-0.4, -0.2) is 42.5 Å². The molecule has 23 heavy (non-hydrogen) atoms. The second-order valence-electron chi connectivity index (χ2n) is 5.38. The van der Waals surface area contributed by atoms with Gasteiger partial charge in [0.25, 0.3) is 0 Å². The third-order valence-corrected chi connectivity index (χ3v) is 3.56. The monoisotopic (exact) mass is 326 g/mol. The number of nitrogens with zero attached hydrogens (tertiary/aromatic N) is 1. The lowest BCUT2D eigenvalue weighted by Gasteiger charge is -2.16. The maximum atomic E-state index is 12.2. The summed E-state index contributed by atoms with van der Waals surface area (Å²) >= 11 is 0. The van der Waals surface area contributed by atoms with E-state index in [0.717, 1.165) is 11.1 Å². The molecule has 0 saturated carbocycles. The van der Waals surface area contributed by atoms with Crippen LogP contribution in [0.25, 0.3) is 6.08 Å². The summed E-state index contributed by atoms with van der Waals surface area (Å²) in [6, 6.07) is 7.69. The van der Waals surface area contributed by atoms with Gasteiger partial charge in [0.1, 0.15) is 0 Å². The first-order valence-electron chi connectivity index (χ1n) is 7.19. The third-order valence-electron chi connectivity index (χ3n) is 3.56. The number of hydrogen-bond donors (Lipinski definition) is 1. The predicted molar refractivity (Wildman–Crippen MR) is 79.4 cm³/mol. The fourth-order valence-electron chi connectivity index (χ4n) is 2.28. The van der Waals surface area contributed by atoms with Crippen molar-refractivity contribution in [1.82, 2.24) is 10.2 Å². The van der Waals surface area contributed by atoms with Gasteiger partial charge in [-0.25, -0.2) is 0 Å². The average molecular weight is 326 g/mol. The molecule has 1 aliphatic rings. The standard InChI is InChI=1S/C16H17F3N2O2/c1-11-2-4-12(5-3-11)10-13-6-8-21(14(13)22)9-7-20-15(23)16(17,18)19/h2-5,10H,6-9H2,1H3,(H,20,23)/b13-10+. The van der Waals surface area contributed by atoms with Crippen LogP contribution in [0.1, 0.15) is 17.5 Å². The van der Waals surface area contributed by atoms with Gasteiger partial charge in [0.2, 0.25) is 5.91 Å². The van der Waals surface area contributed by atoms with Crippen molar-refractivity contribution in [2.45, 2.75) is 19.5 Å². The molecule has 0 radical (unpaired) electrons. The second kappa shape index (κ2) is 6.85. The summed E-state index contributed by atoms with van der Waals surface area (Å²) in [5.41, 5.74) is 2.65. The van der Waals surface area contributed by atoms with Crippen LogP contribution < -0.4 is 5.32 Å². The van der Waals surface area contributed by atoms with Gasteiger partial charge in [0, 0.05) is 25.2 Å². The summed E-state index contributed by atoms with van der Waals surface area (Å²) in [4.78, 5) is 24.3. The summed E-state index contributed by atoms with van der Waals surface area (Å²) in [6.45, 7) is 2.25. The molecule has 1 aromatic rings. The highest BCUT2D eigenvalue weighted by Gasteiger charge is 2.38. The number of likely N-dealkylation sites (tertiary alicyclic amines) is 1. The van der Waals surface area contributed by atoms with Gasteiger partial charge in [-0.3, -0.25) is 9.59 Å². The average Bonchev–Trinajstić information content (AvgIpc) is 2.81. The van der Waals surface area contributed by atoms with Gasteiger partial charge >= 0.3 is 12.1 Å². The zero-order chi connectivity index (χ0) is 17.0. The lowest BCUT2D eigenvalue weighted by molar-refractivity contribution is -0.173. The molecule has 2 rings (SSSR count). The van der Waals surface area contributed by atoms with Gasteiger partial charge in [-0.15, -0.1) is 0 Å². The first kappa shape index (κ1) is 17.1. The number of alkyl halides is 3. The third kappa shape index (κ3) is 4.58. The highest BCUT2D eigenvalue weighted by atomic mass is 19.4. The SMILES string of the molecule is Cc1ccc(/C=C2\CCN(CCNC(=O)C(F)(F)F)C2=O)cc1. The molecule has 0 spiro atoms. The minimum absolute atomic E-state index is 0.0614. The van der Waals surface area contributed by atoms with Crippen LogP contribution in [0.4, 0.5) is 13.2 Å². The highest BCUT2D eigenvalue weighted by molar-refractivity contribution is 5.99. The Hall–Kier alpha value is -2.31. The van der Waals surface area contributed by atoms with E-state index >= 15 is 0 Å². The number of amides is 2. The number of aryl methyl sites for hydroxylation is 1. The van der Waals surface area contributed by atoms with Crippen molar-refractivity contribution in [3.05, 3.63) is 41.0 Å². The van der Waals surface area contributed by atoms with Crippen LogP contribution in [0.15, 0.2) is 29.8 Å². The van der Waals surface area contributed by atoms with E-state index in [4.69, 9.17) is 0 Å². The van der Waals surface area contributed by atoms with Gasteiger partial charge in [-0.05, 0) is 25.0 Å². The van der Waals surface area contributed by atoms with Crippen molar-refractivity contribution >= 4 is 17.9 Å². The molecule has 0 unspecified atom stereocenters. The number of halogens is 3. The molecule has 0 aromatic heterocycles. The van der Waals surface area contributed by atoms with E-state index in [-0.39, 0.29) is 19.0 Å². The number of benzene rings is 1. The molecule has 124 valence electrons. The Bertz CT molecular complexity index is 621. The topological polar surface area (TPSA) is 49.4 Å². The van der Waals surface area contributed by atoms with Crippen LogP contribution in [-0.2, 0) is 9.59 Å². The number of hydrogen-bond acceptors (Lipinski definition) is 2. The number of carbonyl (C=O) groups excluding carboxylic acids is 2. The maximum absolute atomic E-state index is 12.2. The van der Waals surface area contributed by atoms with Crippen molar-refractivity contribution in [1.29, 1.82) is 0 Å². The number of carbonyl (C=O) groups is 2. The van der Waals surface area contributed by atoms with Crippen LogP contribution in [0.5, 0.6) is 0 Å². The molecule has 0 atom stereocenters. The van der Waals surface area contributed by atoms with Gasteiger partial charge in [-0.2, -0.15) is 13.2 Å². The van der Waals surface area contributed by atoms with Gasteiger partial charge in [-0.1, -0.05) is 29.8 Å². The Labute approximate surface area is 132 Å². The van der Waals surface area contributed by atoms with Crippen LogP contribution >= 0.6 is 0 Å². The number of nitrogens with one attached hydrogen (secondary N) is 1. The summed E-state index contributed by atoms with van der Waals surface area (Å²) in [5, 5.41) is 1.76. The van der Waals surface area contributed by atoms with E-state index in [9.17, 15) is 22.8 Å². The van der Waals surface area contributed by atoms with Gasteiger partial charge in [0.15, 0.2) is 0 Å². The molecule has 7 heteroatoms. The molecule has 1 fully saturated rings. The first-order valence-corrected chi connectivity index (χ1v) is 7.19. The van der Waals surface area contributed by atoms with Crippen LogP contribution in [0.3, 0.4) is 0 Å². The van der Waals surface area contributed by atoms with Gasteiger partial charge < -0.3 is 10.2 Å². The largest absolute Gasteiger partial charge is 0.471 e. The molecule has 4 nitrogen and oxygen atoms in total. The smallest absolute Gasteiger partial charge is 0.346 e. The highest BCUT2D eigenvalue weighted by Crippen LogP contribution is 2.20. The van der Waals surface area contributed by atoms with E-state index in [2.05, 4.69) is 0 Å². The molecule has 2 amide bonds. The molecule has 1 aromatic carbocycles. The predicted octanol–water partition coefficient (Wildman–Crippen LogP) is 2.29. The molecule has 1 aliphatic heterocycles. The Morgan fingerprint density at radius 1 is 1.30 bits per heavy atom. The Morgan fingerprint density at radius 3 is 2.57 bits per heavy atom. The summed E-state index contributed by atoms with van der Waals surface area (Å²) in [6.07, 6.45) is -2.57. The fraction of sp³-hybridized carbons (Fsp3) is 0.375. The molecule has 0 bridgehead atoms. The van der Waals surface area contributed by atoms with Crippen molar-refractivity contribution < 1.29 is 22.8 Å². The Kier molecular flexibility index (Phi) is 5.08. The quantitative estimate of drug-likeness (QED) is 0.863. The fourth-order valence-corrected chi connectivity index (χ4v) is 2.28. The van der Waals surface area contributed by atoms with E-state index in [1.54, 1.807) is 11.4 Å². The van der Waals surface area contributed by atoms with Crippen molar-refractivity contribution in [3.8, 4) is 0 Å². The lowest BCUT2D eigenvalue weighted by atomic mass is 10.1. The van der Waals surface area contributed by atoms with Crippen molar-refractivity contribution in [2.24, 2.45) is 0 Å². The second-order valence-corrected chi connectivity index (χ2v) is 5.38. The van der Waals surface area contributed by atoms with E-state index in [0.29, 0.717) is 18.5 Å². The summed E-state index contributed by atoms with van der Waals surface area (Å²) in [7, 11) is 0. The Balaban J connectivity index is 1.89. The van der Waals surface area contributed by atoms with Crippen molar-refractivity contribution in [2.75, 3.05) is 19.6 Å². The minimum Gasteiger partial charge on any atom is -0.346 e. The van der Waals surface area contributed by atoms with Crippen LogP contribution in [0.2, 0.25) is 0 Å². The van der Waals surface area contributed by atoms with Crippen molar-refractivity contribution in [3.63, 3.8) is 0 Å². The first-order chi connectivity index (χ1) is 10.8.